The zero-order valence-electron chi connectivity index (χ0n) is 21.8. The molecule has 0 amide bonds. The maximum absolute atomic E-state index is 13.6. The first kappa shape index (κ1) is 31.3. The summed E-state index contributed by atoms with van der Waals surface area (Å²) in [6, 6.07) is 0. The van der Waals surface area contributed by atoms with Crippen molar-refractivity contribution in [2.24, 2.45) is 28.6 Å². The van der Waals surface area contributed by atoms with Crippen LogP contribution in [0.5, 0.6) is 0 Å². The number of allylic oxidation sites excluding steroid dienone is 4. The molecule has 12 heteroatoms. The van der Waals surface area contributed by atoms with Gasteiger partial charge in [0.2, 0.25) is 0 Å². The molecule has 4 fully saturated rings. The third-order valence-corrected chi connectivity index (χ3v) is 9.70. The number of rotatable bonds is 4. The standard InChI is InChI=1S/C24H33O9P.2Na/c1-21(2)32-19-10-16-15-6-5-13-9-14(25)7-8-22(13,3)20(15)17(26)11-23(16,4)24(19,33-21)18(27)12-31-34(28,29)30;;/h7-9,15-17,19-20,26H,5-6,10-12H2,1-4H3,(H2,28,29,30);;/q;2*+1/p-2/t15?,16?,17?,19-,20?,22-,23-,24+;;/m0../s1. The molecule has 5 rings (SSSR count). The van der Waals surface area contributed by atoms with Gasteiger partial charge in [0, 0.05) is 16.7 Å². The van der Waals surface area contributed by atoms with Gasteiger partial charge in [0.05, 0.1) is 20.0 Å². The Hall–Kier alpha value is 0.810. The molecule has 5 aliphatic rings. The number of phosphoric acid groups is 1. The van der Waals surface area contributed by atoms with Crippen molar-refractivity contribution in [2.75, 3.05) is 6.61 Å². The smallest absolute Gasteiger partial charge is 0.790 e. The molecule has 0 spiro atoms. The van der Waals surface area contributed by atoms with E-state index in [-0.39, 0.29) is 89.1 Å². The number of ether oxygens (including phenoxy) is 2. The summed E-state index contributed by atoms with van der Waals surface area (Å²) in [5, 5.41) is 11.6. The predicted octanol–water partition coefficient (Wildman–Crippen LogP) is -4.81. The second kappa shape index (κ2) is 10.0. The summed E-state index contributed by atoms with van der Waals surface area (Å²) >= 11 is 0. The number of phosphoric ester groups is 1. The maximum Gasteiger partial charge on any atom is 1.00 e. The molecule has 1 N–H and O–H groups in total. The van der Waals surface area contributed by atoms with Crippen LogP contribution in [-0.4, -0.2) is 46.9 Å². The van der Waals surface area contributed by atoms with Gasteiger partial charge in [0.25, 0.3) is 0 Å². The minimum Gasteiger partial charge on any atom is -0.790 e. The van der Waals surface area contributed by atoms with E-state index in [1.54, 1.807) is 26.0 Å². The maximum atomic E-state index is 13.6. The number of carbonyl (C=O) groups excluding carboxylic acids is 2. The summed E-state index contributed by atoms with van der Waals surface area (Å²) in [6.07, 6.45) is 5.90. The Morgan fingerprint density at radius 2 is 1.92 bits per heavy atom. The van der Waals surface area contributed by atoms with Crippen molar-refractivity contribution in [1.82, 2.24) is 0 Å². The van der Waals surface area contributed by atoms with E-state index in [9.17, 15) is 29.0 Å². The van der Waals surface area contributed by atoms with Crippen molar-refractivity contribution >= 4 is 19.4 Å². The number of hydrogen-bond donors (Lipinski definition) is 1. The summed E-state index contributed by atoms with van der Waals surface area (Å²) in [5.41, 5.74) is -1.85. The molecule has 0 radical (unpaired) electrons. The van der Waals surface area contributed by atoms with E-state index < -0.39 is 54.6 Å². The molecule has 4 aliphatic carbocycles. The van der Waals surface area contributed by atoms with E-state index >= 15 is 0 Å². The largest absolute Gasteiger partial charge is 1.00 e. The molecular formula is C24H31Na2O9P. The number of aliphatic hydroxyl groups is 1. The van der Waals surface area contributed by atoms with E-state index in [1.807, 2.05) is 13.0 Å². The molecule has 0 bridgehead atoms. The Bertz CT molecular complexity index is 1050. The Balaban J connectivity index is 0.00000180. The van der Waals surface area contributed by atoms with Crippen LogP contribution in [-0.2, 0) is 28.2 Å². The molecule has 4 unspecified atom stereocenters. The molecule has 1 heterocycles. The van der Waals surface area contributed by atoms with E-state index in [2.05, 4.69) is 11.4 Å². The molecule has 9 nitrogen and oxygen atoms in total. The van der Waals surface area contributed by atoms with Crippen molar-refractivity contribution in [3.63, 3.8) is 0 Å². The first-order valence-electron chi connectivity index (χ1n) is 11.8. The minimum atomic E-state index is -5.36. The fourth-order valence-corrected chi connectivity index (χ4v) is 8.44. The van der Waals surface area contributed by atoms with Crippen LogP contribution in [0.3, 0.4) is 0 Å². The topological polar surface area (TPSA) is 145 Å². The van der Waals surface area contributed by atoms with Gasteiger partial charge in [0.1, 0.15) is 6.61 Å². The SMILES string of the molecule is CC1(C)O[C@H]2CC3C4CCC5=CC(=O)C=C[C@]5(C)C4C(O)C[C@]3(C)[C@]2(C(=O)COP(=O)([O-])[O-])O1.[Na+].[Na+]. The quantitative estimate of drug-likeness (QED) is 0.274. The van der Waals surface area contributed by atoms with Crippen molar-refractivity contribution in [2.45, 2.75) is 77.0 Å². The molecule has 1 aliphatic heterocycles. The normalized spacial score (nSPS) is 44.2. The zero-order chi connectivity index (χ0) is 24.9. The predicted molar refractivity (Wildman–Crippen MR) is 115 cm³/mol. The third kappa shape index (κ3) is 4.62. The van der Waals surface area contributed by atoms with Gasteiger partial charge in [-0.3, -0.25) is 9.59 Å². The van der Waals surface area contributed by atoms with Gasteiger partial charge >= 0.3 is 59.1 Å². The molecular weight excluding hydrogens is 509 g/mol. The van der Waals surface area contributed by atoms with Crippen molar-refractivity contribution in [3.05, 3.63) is 23.8 Å². The van der Waals surface area contributed by atoms with Gasteiger partial charge in [-0.15, -0.1) is 0 Å². The van der Waals surface area contributed by atoms with Crippen LogP contribution in [0.4, 0.5) is 0 Å². The number of hydrogen-bond acceptors (Lipinski definition) is 9. The van der Waals surface area contributed by atoms with Gasteiger partial charge in [0.15, 0.2) is 23.0 Å². The van der Waals surface area contributed by atoms with Crippen LogP contribution in [0.25, 0.3) is 0 Å². The van der Waals surface area contributed by atoms with Gasteiger partial charge < -0.3 is 33.5 Å². The van der Waals surface area contributed by atoms with Crippen molar-refractivity contribution < 1.29 is 102 Å². The Morgan fingerprint density at radius 1 is 1.25 bits per heavy atom. The molecule has 3 saturated carbocycles. The van der Waals surface area contributed by atoms with Crippen LogP contribution in [0.1, 0.15) is 53.4 Å². The molecule has 0 aromatic rings. The minimum absolute atomic E-state index is 0. The molecule has 0 aromatic carbocycles. The van der Waals surface area contributed by atoms with E-state index in [1.165, 1.54) is 0 Å². The first-order valence-corrected chi connectivity index (χ1v) is 13.3. The van der Waals surface area contributed by atoms with Crippen LogP contribution in [0.2, 0.25) is 0 Å². The number of Topliss-reactive ketones (excluding diaryl/α,β-unsaturated/α-hetero) is 1. The number of fused-ring (bicyclic) bond motifs is 7. The second-order valence-corrected chi connectivity index (χ2v) is 12.6. The zero-order valence-corrected chi connectivity index (χ0v) is 26.7. The van der Waals surface area contributed by atoms with E-state index in [0.29, 0.717) is 12.8 Å². The number of carbonyl (C=O) groups is 2. The van der Waals surface area contributed by atoms with Crippen LogP contribution < -0.4 is 68.9 Å². The molecule has 1 saturated heterocycles. The average molecular weight is 540 g/mol. The summed E-state index contributed by atoms with van der Waals surface area (Å²) in [4.78, 5) is 47.8. The number of ketones is 2. The van der Waals surface area contributed by atoms with Crippen molar-refractivity contribution in [3.8, 4) is 0 Å². The Morgan fingerprint density at radius 3 is 2.56 bits per heavy atom. The van der Waals surface area contributed by atoms with Crippen molar-refractivity contribution in [1.29, 1.82) is 0 Å². The summed E-state index contributed by atoms with van der Waals surface area (Å²) < 4.78 is 28.0. The van der Waals surface area contributed by atoms with Crippen LogP contribution >= 0.6 is 7.82 Å². The van der Waals surface area contributed by atoms with Gasteiger partial charge in [-0.25, -0.2) is 0 Å². The van der Waals surface area contributed by atoms with E-state index in [4.69, 9.17) is 9.47 Å². The van der Waals surface area contributed by atoms with Gasteiger partial charge in [-0.2, -0.15) is 0 Å². The summed E-state index contributed by atoms with van der Waals surface area (Å²) in [5.74, 6) is -1.97. The van der Waals surface area contributed by atoms with E-state index in [0.717, 1.165) is 12.0 Å². The van der Waals surface area contributed by atoms with Gasteiger partial charge in [-0.05, 0) is 63.5 Å². The number of aliphatic hydroxyl groups excluding tert-OH is 1. The fourth-order valence-electron chi connectivity index (χ4n) is 8.17. The van der Waals surface area contributed by atoms with Crippen LogP contribution in [0, 0.1) is 28.6 Å². The monoisotopic (exact) mass is 540 g/mol. The molecule has 188 valence electrons. The first-order chi connectivity index (χ1) is 15.6. The third-order valence-electron chi connectivity index (χ3n) is 9.26. The average Bonchev–Trinajstić information content (AvgIpc) is 3.12. The molecule has 0 aromatic heterocycles. The van der Waals surface area contributed by atoms with Gasteiger partial charge in [-0.1, -0.05) is 25.5 Å². The summed E-state index contributed by atoms with van der Waals surface area (Å²) in [6.45, 7) is 6.42. The Labute approximate surface area is 255 Å². The summed E-state index contributed by atoms with van der Waals surface area (Å²) in [7, 11) is -5.36. The fraction of sp³-hybridized carbons (Fsp3) is 0.750. The second-order valence-electron chi connectivity index (χ2n) is 11.4. The molecule has 36 heavy (non-hydrogen) atoms. The Kier molecular flexibility index (Phi) is 8.72. The van der Waals surface area contributed by atoms with Crippen LogP contribution in [0.15, 0.2) is 23.8 Å². The molecule has 8 atom stereocenters.